The van der Waals surface area contributed by atoms with E-state index in [1.165, 1.54) is 77.0 Å². The third kappa shape index (κ3) is 20.2. The minimum Gasteiger partial charge on any atom is -0.466 e. The van der Waals surface area contributed by atoms with E-state index in [1.54, 1.807) is 0 Å². The number of esters is 2. The Labute approximate surface area is 186 Å². The van der Waals surface area contributed by atoms with E-state index in [0.29, 0.717) is 19.1 Å². The van der Waals surface area contributed by atoms with Gasteiger partial charge >= 0.3 is 11.9 Å². The summed E-state index contributed by atoms with van der Waals surface area (Å²) in [6, 6.07) is 0. The van der Waals surface area contributed by atoms with Crippen molar-refractivity contribution in [3.8, 4) is 0 Å². The Hall–Kier alpha value is -1.06. The van der Waals surface area contributed by atoms with Crippen LogP contribution in [0.5, 0.6) is 0 Å². The van der Waals surface area contributed by atoms with Gasteiger partial charge in [0.15, 0.2) is 0 Å². The molecule has 0 N–H and O–H groups in total. The molecule has 0 fully saturated rings. The van der Waals surface area contributed by atoms with E-state index in [4.69, 9.17) is 9.47 Å². The van der Waals surface area contributed by atoms with E-state index in [9.17, 15) is 9.59 Å². The van der Waals surface area contributed by atoms with Crippen molar-refractivity contribution in [2.24, 2.45) is 5.92 Å². The Bertz CT molecular complexity index is 390. The van der Waals surface area contributed by atoms with Crippen LogP contribution in [0.4, 0.5) is 0 Å². The summed E-state index contributed by atoms with van der Waals surface area (Å²) in [6.07, 6.45) is 20.6. The molecule has 0 saturated carbocycles. The first-order valence-electron chi connectivity index (χ1n) is 12.9. The SMILES string of the molecule is CCCCCCCCCCCCCCCCOC(=O)CCC(=O)OCC(CC)CC. The Kier molecular flexibility index (Phi) is 21.8. The number of hydrogen-bond donors (Lipinski definition) is 0. The fraction of sp³-hybridized carbons (Fsp3) is 0.923. The normalized spacial score (nSPS) is 11.1. The molecule has 0 bridgehead atoms. The van der Waals surface area contributed by atoms with E-state index in [-0.39, 0.29) is 24.8 Å². The third-order valence-electron chi connectivity index (χ3n) is 5.93. The molecule has 4 heteroatoms. The summed E-state index contributed by atoms with van der Waals surface area (Å²) in [7, 11) is 0. The van der Waals surface area contributed by atoms with Gasteiger partial charge in [-0.05, 0) is 12.3 Å². The van der Waals surface area contributed by atoms with Gasteiger partial charge in [-0.2, -0.15) is 0 Å². The van der Waals surface area contributed by atoms with Gasteiger partial charge in [0.2, 0.25) is 0 Å². The largest absolute Gasteiger partial charge is 0.466 e. The number of unbranched alkanes of at least 4 members (excludes halogenated alkanes) is 13. The molecule has 0 amide bonds. The minimum absolute atomic E-state index is 0.123. The molecule has 0 rings (SSSR count). The van der Waals surface area contributed by atoms with E-state index in [2.05, 4.69) is 20.8 Å². The summed E-state index contributed by atoms with van der Waals surface area (Å²) in [4.78, 5) is 23.4. The zero-order valence-electron chi connectivity index (χ0n) is 20.4. The molecule has 0 spiro atoms. The summed E-state index contributed by atoms with van der Waals surface area (Å²) in [5.74, 6) is -0.166. The molecular weight excluding hydrogens is 376 g/mol. The van der Waals surface area contributed by atoms with Crippen molar-refractivity contribution in [1.29, 1.82) is 0 Å². The van der Waals surface area contributed by atoms with Gasteiger partial charge < -0.3 is 9.47 Å². The lowest BCUT2D eigenvalue weighted by Crippen LogP contribution is -2.15. The second kappa shape index (κ2) is 22.6. The molecule has 0 aliphatic heterocycles. The Morgan fingerprint density at radius 1 is 0.567 bits per heavy atom. The van der Waals surface area contributed by atoms with Gasteiger partial charge in [-0.3, -0.25) is 9.59 Å². The van der Waals surface area contributed by atoms with Crippen molar-refractivity contribution < 1.29 is 19.1 Å². The highest BCUT2D eigenvalue weighted by molar-refractivity contribution is 5.77. The van der Waals surface area contributed by atoms with Crippen molar-refractivity contribution in [2.75, 3.05) is 13.2 Å². The summed E-state index contributed by atoms with van der Waals surface area (Å²) in [5.41, 5.74) is 0. The molecule has 0 radical (unpaired) electrons. The lowest BCUT2D eigenvalue weighted by atomic mass is 10.0. The molecule has 0 saturated heterocycles. The van der Waals surface area contributed by atoms with Crippen LogP contribution >= 0.6 is 0 Å². The van der Waals surface area contributed by atoms with Gasteiger partial charge in [-0.25, -0.2) is 0 Å². The third-order valence-corrected chi connectivity index (χ3v) is 5.93. The van der Waals surface area contributed by atoms with Crippen LogP contribution in [-0.2, 0) is 19.1 Å². The first-order chi connectivity index (χ1) is 14.6. The van der Waals surface area contributed by atoms with E-state index >= 15 is 0 Å². The molecular formula is C26H50O4. The van der Waals surface area contributed by atoms with Gasteiger partial charge in [-0.1, -0.05) is 117 Å². The lowest BCUT2D eigenvalue weighted by molar-refractivity contribution is -0.151. The monoisotopic (exact) mass is 426 g/mol. The smallest absolute Gasteiger partial charge is 0.306 e. The lowest BCUT2D eigenvalue weighted by Gasteiger charge is -2.12. The molecule has 0 heterocycles. The highest BCUT2D eigenvalue weighted by Gasteiger charge is 2.11. The van der Waals surface area contributed by atoms with Crippen LogP contribution in [-0.4, -0.2) is 25.2 Å². The maximum Gasteiger partial charge on any atom is 0.306 e. The molecule has 0 aromatic rings. The second-order valence-electron chi connectivity index (χ2n) is 8.68. The molecule has 4 nitrogen and oxygen atoms in total. The number of carbonyl (C=O) groups excluding carboxylic acids is 2. The summed E-state index contributed by atoms with van der Waals surface area (Å²) in [6.45, 7) is 7.39. The Balaban J connectivity index is 3.32. The van der Waals surface area contributed by atoms with Crippen LogP contribution in [0.15, 0.2) is 0 Å². The van der Waals surface area contributed by atoms with E-state index < -0.39 is 0 Å². The minimum atomic E-state index is -0.296. The highest BCUT2D eigenvalue weighted by Crippen LogP contribution is 2.13. The number of ether oxygens (including phenoxy) is 2. The average molecular weight is 427 g/mol. The standard InChI is InChI=1S/C26H50O4/c1-4-7-8-9-10-11-12-13-14-15-16-17-18-19-22-29-25(27)20-21-26(28)30-23-24(5-2)6-3/h24H,4-23H2,1-3H3. The predicted octanol–water partition coefficient (Wildman–Crippen LogP) is 7.77. The summed E-state index contributed by atoms with van der Waals surface area (Å²) >= 11 is 0. The van der Waals surface area contributed by atoms with Crippen LogP contribution in [0.3, 0.4) is 0 Å². The van der Waals surface area contributed by atoms with Crippen molar-refractivity contribution in [3.05, 3.63) is 0 Å². The first kappa shape index (κ1) is 28.9. The molecule has 0 aliphatic rings. The topological polar surface area (TPSA) is 52.6 Å². The zero-order chi connectivity index (χ0) is 22.3. The molecule has 0 aromatic carbocycles. The molecule has 0 aromatic heterocycles. The van der Waals surface area contributed by atoms with E-state index in [1.807, 2.05) is 0 Å². The van der Waals surface area contributed by atoms with Crippen LogP contribution in [0, 0.1) is 5.92 Å². The maximum atomic E-state index is 11.7. The molecule has 0 atom stereocenters. The van der Waals surface area contributed by atoms with Gasteiger partial charge in [0.1, 0.15) is 0 Å². The number of carbonyl (C=O) groups is 2. The Morgan fingerprint density at radius 2 is 0.967 bits per heavy atom. The fourth-order valence-electron chi connectivity index (χ4n) is 3.57. The van der Waals surface area contributed by atoms with Gasteiger partial charge in [-0.15, -0.1) is 0 Å². The van der Waals surface area contributed by atoms with Crippen LogP contribution in [0.25, 0.3) is 0 Å². The second-order valence-corrected chi connectivity index (χ2v) is 8.68. The fourth-order valence-corrected chi connectivity index (χ4v) is 3.57. The number of rotatable bonds is 22. The van der Waals surface area contributed by atoms with Gasteiger partial charge in [0, 0.05) is 0 Å². The zero-order valence-corrected chi connectivity index (χ0v) is 20.4. The number of hydrogen-bond acceptors (Lipinski definition) is 4. The van der Waals surface area contributed by atoms with Crippen molar-refractivity contribution in [2.45, 2.75) is 136 Å². The quantitative estimate of drug-likeness (QED) is 0.131. The van der Waals surface area contributed by atoms with Crippen LogP contribution < -0.4 is 0 Å². The van der Waals surface area contributed by atoms with Crippen LogP contribution in [0.2, 0.25) is 0 Å². The molecule has 30 heavy (non-hydrogen) atoms. The summed E-state index contributed by atoms with van der Waals surface area (Å²) in [5, 5.41) is 0. The molecule has 0 unspecified atom stereocenters. The van der Waals surface area contributed by atoms with Crippen LogP contribution in [0.1, 0.15) is 136 Å². The Morgan fingerprint density at radius 3 is 1.40 bits per heavy atom. The van der Waals surface area contributed by atoms with E-state index in [0.717, 1.165) is 25.7 Å². The average Bonchev–Trinajstić information content (AvgIpc) is 2.75. The molecule has 0 aliphatic carbocycles. The first-order valence-corrected chi connectivity index (χ1v) is 12.9. The van der Waals surface area contributed by atoms with Crippen molar-refractivity contribution >= 4 is 11.9 Å². The highest BCUT2D eigenvalue weighted by atomic mass is 16.5. The molecule has 178 valence electrons. The van der Waals surface area contributed by atoms with Gasteiger partial charge in [0.05, 0.1) is 26.1 Å². The van der Waals surface area contributed by atoms with Crippen molar-refractivity contribution in [1.82, 2.24) is 0 Å². The summed E-state index contributed by atoms with van der Waals surface area (Å²) < 4.78 is 10.4. The predicted molar refractivity (Wildman–Crippen MR) is 126 cm³/mol. The maximum absolute atomic E-state index is 11.7. The van der Waals surface area contributed by atoms with Gasteiger partial charge in [0.25, 0.3) is 0 Å². The van der Waals surface area contributed by atoms with Crippen molar-refractivity contribution in [3.63, 3.8) is 0 Å².